The summed E-state index contributed by atoms with van der Waals surface area (Å²) in [6, 6.07) is 7.92. The van der Waals surface area contributed by atoms with E-state index in [4.69, 9.17) is 0 Å². The number of aliphatic hydroxyl groups is 1. The van der Waals surface area contributed by atoms with E-state index in [9.17, 15) is 14.7 Å². The zero-order valence-corrected chi connectivity index (χ0v) is 16.6. The topological polar surface area (TPSA) is 72.9 Å². The lowest BCUT2D eigenvalue weighted by Crippen LogP contribution is -2.55. The summed E-state index contributed by atoms with van der Waals surface area (Å²) in [5.41, 5.74) is 2.47. The van der Waals surface area contributed by atoms with Crippen LogP contribution in [0.3, 0.4) is 0 Å². The summed E-state index contributed by atoms with van der Waals surface area (Å²) in [4.78, 5) is 27.4. The maximum Gasteiger partial charge on any atom is 0.236 e. The fraction of sp³-hybridized carbons (Fsp3) is 0.579. The molecule has 0 spiro atoms. The number of thioether (sulfide) groups is 1. The smallest absolute Gasteiger partial charge is 0.236 e. The minimum absolute atomic E-state index is 0.0206. The van der Waals surface area contributed by atoms with Crippen LogP contribution in [0.4, 0.5) is 0 Å². The number of nitrogens with one attached hydrogen (secondary N) is 1. The number of nitrogens with zero attached hydrogens (tertiary/aromatic N) is 2. The van der Waals surface area contributed by atoms with Crippen molar-refractivity contribution in [1.29, 1.82) is 0 Å². The molecule has 0 saturated carbocycles. The fourth-order valence-electron chi connectivity index (χ4n) is 2.92. The SMILES string of the molecule is Cc1ccccc1CSCC(=O)N[C@@H]1CCN(CC(=O)N(C)C)C[C@H]1O. The summed E-state index contributed by atoms with van der Waals surface area (Å²) < 4.78 is 0. The molecular formula is C19H29N3O3S. The highest BCUT2D eigenvalue weighted by atomic mass is 32.2. The molecule has 1 saturated heterocycles. The number of rotatable bonds is 7. The number of carbonyl (C=O) groups excluding carboxylic acids is 2. The first-order chi connectivity index (χ1) is 12.4. The van der Waals surface area contributed by atoms with Crippen LogP contribution in [0, 0.1) is 6.92 Å². The highest BCUT2D eigenvalue weighted by Gasteiger charge is 2.29. The van der Waals surface area contributed by atoms with E-state index < -0.39 is 6.10 Å². The second kappa shape index (κ2) is 9.94. The molecule has 2 atom stereocenters. The predicted molar refractivity (Wildman–Crippen MR) is 105 cm³/mol. The average Bonchev–Trinajstić information content (AvgIpc) is 2.59. The molecule has 2 amide bonds. The summed E-state index contributed by atoms with van der Waals surface area (Å²) in [6.07, 6.45) is -0.000162. The first kappa shape index (κ1) is 20.7. The number of piperidine rings is 1. The molecule has 1 heterocycles. The predicted octanol–water partition coefficient (Wildman–Crippen LogP) is 0.868. The van der Waals surface area contributed by atoms with Crippen LogP contribution in [-0.4, -0.2) is 78.3 Å². The maximum absolute atomic E-state index is 12.2. The quantitative estimate of drug-likeness (QED) is 0.735. The summed E-state index contributed by atoms with van der Waals surface area (Å²) in [6.45, 7) is 3.47. The molecule has 0 aliphatic carbocycles. The second-order valence-corrected chi connectivity index (χ2v) is 7.96. The molecule has 0 radical (unpaired) electrons. The van der Waals surface area contributed by atoms with Crippen molar-refractivity contribution in [3.05, 3.63) is 35.4 Å². The van der Waals surface area contributed by atoms with Gasteiger partial charge < -0.3 is 15.3 Å². The van der Waals surface area contributed by atoms with E-state index in [0.29, 0.717) is 31.8 Å². The number of carbonyl (C=O) groups is 2. The standard InChI is InChI=1S/C19H29N3O3S/c1-14-6-4-5-7-15(14)12-26-13-18(24)20-16-8-9-22(10-17(16)23)11-19(25)21(2)3/h4-7,16-17,23H,8-13H2,1-3H3,(H,20,24)/t16-,17-/m1/s1. The average molecular weight is 380 g/mol. The molecule has 0 unspecified atom stereocenters. The number of hydrogen-bond acceptors (Lipinski definition) is 5. The summed E-state index contributed by atoms with van der Waals surface area (Å²) in [5, 5.41) is 13.2. The van der Waals surface area contributed by atoms with Gasteiger partial charge in [0, 0.05) is 32.9 Å². The van der Waals surface area contributed by atoms with Crippen LogP contribution in [0.15, 0.2) is 24.3 Å². The summed E-state index contributed by atoms with van der Waals surface area (Å²) in [5.74, 6) is 1.14. The summed E-state index contributed by atoms with van der Waals surface area (Å²) in [7, 11) is 3.45. The highest BCUT2D eigenvalue weighted by Crippen LogP contribution is 2.16. The van der Waals surface area contributed by atoms with E-state index in [1.807, 2.05) is 17.0 Å². The number of hydrogen-bond donors (Lipinski definition) is 2. The molecule has 2 N–H and O–H groups in total. The van der Waals surface area contributed by atoms with Crippen molar-refractivity contribution in [2.75, 3.05) is 39.5 Å². The Bertz CT molecular complexity index is 624. The van der Waals surface area contributed by atoms with Gasteiger partial charge in [-0.2, -0.15) is 0 Å². The molecule has 1 aromatic rings. The van der Waals surface area contributed by atoms with Gasteiger partial charge in [-0.05, 0) is 24.5 Å². The zero-order chi connectivity index (χ0) is 19.1. The van der Waals surface area contributed by atoms with Crippen LogP contribution < -0.4 is 5.32 Å². The van der Waals surface area contributed by atoms with Crippen LogP contribution in [-0.2, 0) is 15.3 Å². The molecule has 0 bridgehead atoms. The number of aryl methyl sites for hydroxylation is 1. The van der Waals surface area contributed by atoms with Gasteiger partial charge in [0.2, 0.25) is 11.8 Å². The van der Waals surface area contributed by atoms with Gasteiger partial charge in [0.15, 0.2) is 0 Å². The molecular weight excluding hydrogens is 350 g/mol. The van der Waals surface area contributed by atoms with E-state index in [1.165, 1.54) is 11.1 Å². The van der Waals surface area contributed by atoms with Gasteiger partial charge >= 0.3 is 0 Å². The third-order valence-electron chi connectivity index (χ3n) is 4.62. The monoisotopic (exact) mass is 379 g/mol. The van der Waals surface area contributed by atoms with Gasteiger partial charge in [0.1, 0.15) is 0 Å². The fourth-order valence-corrected chi connectivity index (χ4v) is 3.83. The van der Waals surface area contributed by atoms with Crippen molar-refractivity contribution in [2.24, 2.45) is 0 Å². The minimum Gasteiger partial charge on any atom is -0.390 e. The van der Waals surface area contributed by atoms with Gasteiger partial charge in [-0.25, -0.2) is 0 Å². The third-order valence-corrected chi connectivity index (χ3v) is 5.60. The number of benzene rings is 1. The first-order valence-electron chi connectivity index (χ1n) is 8.89. The van der Waals surface area contributed by atoms with Crippen LogP contribution in [0.2, 0.25) is 0 Å². The Morgan fingerprint density at radius 3 is 2.73 bits per heavy atom. The molecule has 0 aromatic heterocycles. The third kappa shape index (κ3) is 6.30. The van der Waals surface area contributed by atoms with Gasteiger partial charge in [-0.15, -0.1) is 11.8 Å². The van der Waals surface area contributed by atoms with Gasteiger partial charge in [0.25, 0.3) is 0 Å². The Balaban J connectivity index is 1.71. The van der Waals surface area contributed by atoms with Crippen molar-refractivity contribution in [2.45, 2.75) is 31.2 Å². The molecule has 1 aliphatic rings. The molecule has 1 aromatic carbocycles. The lowest BCUT2D eigenvalue weighted by atomic mass is 10.0. The van der Waals surface area contributed by atoms with Crippen LogP contribution in [0.5, 0.6) is 0 Å². The van der Waals surface area contributed by atoms with E-state index in [0.717, 1.165) is 5.75 Å². The second-order valence-electron chi connectivity index (χ2n) is 6.97. The van der Waals surface area contributed by atoms with Gasteiger partial charge in [-0.3, -0.25) is 14.5 Å². The molecule has 26 heavy (non-hydrogen) atoms. The summed E-state index contributed by atoms with van der Waals surface area (Å²) >= 11 is 1.58. The van der Waals surface area contributed by atoms with Crippen LogP contribution in [0.1, 0.15) is 17.5 Å². The van der Waals surface area contributed by atoms with Gasteiger partial charge in [-0.1, -0.05) is 24.3 Å². The molecule has 1 fully saturated rings. The van der Waals surface area contributed by atoms with E-state index >= 15 is 0 Å². The molecule has 1 aliphatic heterocycles. The Morgan fingerprint density at radius 2 is 2.08 bits per heavy atom. The Kier molecular flexibility index (Phi) is 7.93. The lowest BCUT2D eigenvalue weighted by molar-refractivity contribution is -0.131. The Hall–Kier alpha value is -1.57. The van der Waals surface area contributed by atoms with Crippen LogP contribution >= 0.6 is 11.8 Å². The maximum atomic E-state index is 12.2. The van der Waals surface area contributed by atoms with Crippen LogP contribution in [0.25, 0.3) is 0 Å². The number of likely N-dealkylation sites (N-methyl/N-ethyl adjacent to an activating group) is 1. The normalized spacial score (nSPS) is 20.6. The largest absolute Gasteiger partial charge is 0.390 e. The van der Waals surface area contributed by atoms with Crippen molar-refractivity contribution >= 4 is 23.6 Å². The minimum atomic E-state index is -0.649. The van der Waals surface area contributed by atoms with Gasteiger partial charge in [0.05, 0.1) is 24.4 Å². The highest BCUT2D eigenvalue weighted by molar-refractivity contribution is 7.99. The van der Waals surface area contributed by atoms with E-state index in [1.54, 1.807) is 30.8 Å². The zero-order valence-electron chi connectivity index (χ0n) is 15.8. The van der Waals surface area contributed by atoms with E-state index in [-0.39, 0.29) is 17.9 Å². The Labute approximate surface area is 159 Å². The Morgan fingerprint density at radius 1 is 1.35 bits per heavy atom. The van der Waals surface area contributed by atoms with Crippen molar-refractivity contribution in [3.8, 4) is 0 Å². The van der Waals surface area contributed by atoms with E-state index in [2.05, 4.69) is 24.4 Å². The molecule has 6 nitrogen and oxygen atoms in total. The first-order valence-corrected chi connectivity index (χ1v) is 10.0. The van der Waals surface area contributed by atoms with Crippen molar-refractivity contribution in [3.63, 3.8) is 0 Å². The lowest BCUT2D eigenvalue weighted by Gasteiger charge is -2.36. The number of aliphatic hydroxyl groups excluding tert-OH is 1. The molecule has 7 heteroatoms. The number of likely N-dealkylation sites (tertiary alicyclic amines) is 1. The molecule has 144 valence electrons. The number of β-amino-alcohol motifs (C(OH)–C–C–N with tert-alkyl or cyclic N) is 1. The van der Waals surface area contributed by atoms with Crippen molar-refractivity contribution in [1.82, 2.24) is 15.1 Å². The van der Waals surface area contributed by atoms with Crippen molar-refractivity contribution < 1.29 is 14.7 Å². The number of amides is 2. The molecule has 2 rings (SSSR count).